The van der Waals surface area contributed by atoms with Crippen LogP contribution in [0.4, 0.5) is 4.39 Å². The maximum Gasteiger partial charge on any atom is 0.223 e. The van der Waals surface area contributed by atoms with Crippen molar-refractivity contribution in [1.29, 1.82) is 0 Å². The van der Waals surface area contributed by atoms with Gasteiger partial charge >= 0.3 is 0 Å². The van der Waals surface area contributed by atoms with Gasteiger partial charge in [0, 0.05) is 23.0 Å². The Morgan fingerprint density at radius 2 is 1.91 bits per heavy atom. The number of halogens is 1. The molecule has 0 saturated heterocycles. The summed E-state index contributed by atoms with van der Waals surface area (Å²) >= 11 is 0. The molecule has 1 unspecified atom stereocenters. The predicted octanol–water partition coefficient (Wildman–Crippen LogP) is 3.45. The van der Waals surface area contributed by atoms with Gasteiger partial charge in [0.2, 0.25) is 5.91 Å². The van der Waals surface area contributed by atoms with Gasteiger partial charge in [0.15, 0.2) is 0 Å². The number of pyridine rings is 1. The van der Waals surface area contributed by atoms with E-state index < -0.39 is 0 Å². The Morgan fingerprint density at radius 3 is 2.64 bits per heavy atom. The summed E-state index contributed by atoms with van der Waals surface area (Å²) in [5.41, 5.74) is 0.837. The van der Waals surface area contributed by atoms with Crippen molar-refractivity contribution >= 4 is 16.8 Å². The third kappa shape index (κ3) is 2.85. The molecule has 1 amide bonds. The van der Waals surface area contributed by atoms with E-state index in [-0.39, 0.29) is 34.8 Å². The molecular formula is C25H26FN5O2. The van der Waals surface area contributed by atoms with Crippen LogP contribution in [0.3, 0.4) is 0 Å². The monoisotopic (exact) mass is 447 g/mol. The van der Waals surface area contributed by atoms with Crippen molar-refractivity contribution in [3.63, 3.8) is 0 Å². The van der Waals surface area contributed by atoms with Crippen LogP contribution < -0.4 is 10.1 Å². The SMILES string of the molecule is CC(C(=O)NC12CC(n3cnnc3)(C1)C2)[C@H]1[C@@H]2C[C@@H](Oc3ccnc4ccc(F)cc34)C[C@@H]21. The summed E-state index contributed by atoms with van der Waals surface area (Å²) in [6.45, 7) is 2.08. The van der Waals surface area contributed by atoms with E-state index >= 15 is 0 Å². The molecule has 2 heterocycles. The minimum Gasteiger partial charge on any atom is -0.490 e. The number of hydrogen-bond acceptors (Lipinski definition) is 5. The van der Waals surface area contributed by atoms with Crippen LogP contribution in [0.2, 0.25) is 0 Å². The lowest BCUT2D eigenvalue weighted by atomic mass is 9.44. The van der Waals surface area contributed by atoms with Crippen molar-refractivity contribution in [2.75, 3.05) is 0 Å². The highest BCUT2D eigenvalue weighted by molar-refractivity contribution is 5.84. The summed E-state index contributed by atoms with van der Waals surface area (Å²) < 4.78 is 22.1. The van der Waals surface area contributed by atoms with Gasteiger partial charge < -0.3 is 14.6 Å². The van der Waals surface area contributed by atoms with Crippen molar-refractivity contribution in [1.82, 2.24) is 25.1 Å². The first-order valence-electron chi connectivity index (χ1n) is 11.8. The predicted molar refractivity (Wildman–Crippen MR) is 118 cm³/mol. The molecule has 1 N–H and O–H groups in total. The van der Waals surface area contributed by atoms with Crippen molar-refractivity contribution in [2.45, 2.75) is 56.2 Å². The molecule has 5 aliphatic rings. The number of carbonyl (C=O) groups excluding carboxylic acids is 1. The molecule has 2 bridgehead atoms. The standard InChI is InChI=1S/C25H26FN5O2/c1-14(23(32)30-24-9-25(10-24,11-24)31-12-28-29-13-31)22-17-7-16(8-18(17)22)33-21-4-5-27-20-3-2-15(26)6-19(20)21/h2-6,12-14,16-18,22H,7-11H2,1H3,(H,30,32)/t14?,16-,17-,18+,22+,24?,25?. The summed E-state index contributed by atoms with van der Waals surface area (Å²) in [5, 5.41) is 11.9. The first-order valence-corrected chi connectivity index (χ1v) is 11.8. The first-order chi connectivity index (χ1) is 16.0. The molecule has 5 fully saturated rings. The minimum atomic E-state index is -0.286. The van der Waals surface area contributed by atoms with E-state index in [1.807, 2.05) is 6.07 Å². The Morgan fingerprint density at radius 1 is 1.18 bits per heavy atom. The van der Waals surface area contributed by atoms with Gasteiger partial charge in [-0.25, -0.2) is 4.39 Å². The summed E-state index contributed by atoms with van der Waals surface area (Å²) in [6, 6.07) is 6.40. The van der Waals surface area contributed by atoms with Gasteiger partial charge in [-0.15, -0.1) is 10.2 Å². The summed E-state index contributed by atoms with van der Waals surface area (Å²) in [7, 11) is 0. The highest BCUT2D eigenvalue weighted by atomic mass is 19.1. The number of hydrogen-bond donors (Lipinski definition) is 1. The fraction of sp³-hybridized carbons (Fsp3) is 0.520. The molecule has 3 aromatic rings. The first kappa shape index (κ1) is 19.4. The maximum atomic E-state index is 13.7. The van der Waals surface area contributed by atoms with E-state index in [0.717, 1.165) is 37.6 Å². The van der Waals surface area contributed by atoms with Gasteiger partial charge in [-0.05, 0) is 74.1 Å². The van der Waals surface area contributed by atoms with Crippen LogP contribution in [-0.4, -0.2) is 37.3 Å². The van der Waals surface area contributed by atoms with Crippen molar-refractivity contribution in [3.8, 4) is 5.75 Å². The molecule has 5 atom stereocenters. The summed E-state index contributed by atoms with van der Waals surface area (Å²) in [6.07, 6.45) is 10.2. The van der Waals surface area contributed by atoms with Gasteiger partial charge in [0.1, 0.15) is 24.2 Å². The third-order valence-electron chi connectivity index (χ3n) is 8.77. The van der Waals surface area contributed by atoms with E-state index in [1.165, 1.54) is 12.1 Å². The number of nitrogens with zero attached hydrogens (tertiary/aromatic N) is 4. The number of carbonyl (C=O) groups is 1. The average molecular weight is 448 g/mol. The third-order valence-corrected chi connectivity index (χ3v) is 8.77. The topological polar surface area (TPSA) is 81.9 Å². The molecule has 2 aromatic heterocycles. The lowest BCUT2D eigenvalue weighted by Gasteiger charge is -2.70. The van der Waals surface area contributed by atoms with Gasteiger partial charge in [-0.1, -0.05) is 6.92 Å². The highest BCUT2D eigenvalue weighted by Crippen LogP contribution is 2.66. The second-order valence-corrected chi connectivity index (χ2v) is 10.8. The molecular weight excluding hydrogens is 421 g/mol. The van der Waals surface area contributed by atoms with Gasteiger partial charge in [-0.2, -0.15) is 0 Å². The van der Waals surface area contributed by atoms with Crippen molar-refractivity contribution < 1.29 is 13.9 Å². The lowest BCUT2D eigenvalue weighted by Crippen LogP contribution is -2.78. The largest absolute Gasteiger partial charge is 0.490 e. The second-order valence-electron chi connectivity index (χ2n) is 10.8. The molecule has 5 saturated carbocycles. The summed E-state index contributed by atoms with van der Waals surface area (Å²) in [5.74, 6) is 2.14. The molecule has 0 aliphatic heterocycles. The molecule has 8 rings (SSSR count). The number of fused-ring (bicyclic) bond motifs is 2. The molecule has 33 heavy (non-hydrogen) atoms. The number of benzene rings is 1. The zero-order valence-corrected chi connectivity index (χ0v) is 18.4. The number of ether oxygens (including phenoxy) is 1. The van der Waals surface area contributed by atoms with Crippen LogP contribution in [0.25, 0.3) is 10.9 Å². The zero-order chi connectivity index (χ0) is 22.4. The molecule has 170 valence electrons. The van der Waals surface area contributed by atoms with Crippen LogP contribution >= 0.6 is 0 Å². The maximum absolute atomic E-state index is 13.7. The Labute approximate surface area is 190 Å². The Kier molecular flexibility index (Phi) is 3.84. The van der Waals surface area contributed by atoms with Crippen molar-refractivity contribution in [3.05, 3.63) is 48.9 Å². The smallest absolute Gasteiger partial charge is 0.223 e. The van der Waals surface area contributed by atoms with E-state index in [0.29, 0.717) is 28.9 Å². The number of amides is 1. The fourth-order valence-electron chi connectivity index (χ4n) is 7.19. The molecule has 8 heteroatoms. The second kappa shape index (κ2) is 6.52. The molecule has 7 nitrogen and oxygen atoms in total. The number of nitrogens with one attached hydrogen (secondary N) is 1. The Hall–Kier alpha value is -3.03. The van der Waals surface area contributed by atoms with E-state index in [4.69, 9.17) is 4.74 Å². The van der Waals surface area contributed by atoms with Crippen molar-refractivity contribution in [2.24, 2.45) is 23.7 Å². The van der Waals surface area contributed by atoms with E-state index in [2.05, 4.69) is 32.0 Å². The fourth-order valence-corrected chi connectivity index (χ4v) is 7.19. The van der Waals surface area contributed by atoms with E-state index in [1.54, 1.807) is 24.9 Å². The van der Waals surface area contributed by atoms with Crippen LogP contribution in [0, 0.1) is 29.5 Å². The van der Waals surface area contributed by atoms with Gasteiger partial charge in [0.05, 0.1) is 17.2 Å². The zero-order valence-electron chi connectivity index (χ0n) is 18.4. The van der Waals surface area contributed by atoms with Crippen LogP contribution in [0.1, 0.15) is 39.0 Å². The Bertz CT molecular complexity index is 1230. The highest BCUT2D eigenvalue weighted by Gasteiger charge is 2.70. The summed E-state index contributed by atoms with van der Waals surface area (Å²) in [4.78, 5) is 17.3. The molecule has 0 spiro atoms. The average Bonchev–Trinajstić information content (AvgIpc) is 3.12. The molecule has 0 radical (unpaired) electrons. The van der Waals surface area contributed by atoms with Gasteiger partial charge in [-0.3, -0.25) is 9.78 Å². The minimum absolute atomic E-state index is 0.0247. The number of aromatic nitrogens is 4. The lowest BCUT2D eigenvalue weighted by molar-refractivity contribution is -0.158. The molecule has 5 aliphatic carbocycles. The van der Waals surface area contributed by atoms with Crippen LogP contribution in [-0.2, 0) is 10.3 Å². The Balaban J connectivity index is 0.947. The normalized spacial score (nSPS) is 36.4. The van der Waals surface area contributed by atoms with Gasteiger partial charge in [0.25, 0.3) is 0 Å². The molecule has 1 aromatic carbocycles. The van der Waals surface area contributed by atoms with Crippen LogP contribution in [0.15, 0.2) is 43.1 Å². The quantitative estimate of drug-likeness (QED) is 0.626. The van der Waals surface area contributed by atoms with Crippen LogP contribution in [0.5, 0.6) is 5.75 Å². The van der Waals surface area contributed by atoms with E-state index in [9.17, 15) is 9.18 Å². The number of rotatable bonds is 6.